The molecule has 2 N–H and O–H groups in total. The van der Waals surface area contributed by atoms with Gasteiger partial charge in [-0.2, -0.15) is 0 Å². The molecular weight excluding hydrogens is 153 g/mol. The van der Waals surface area contributed by atoms with Gasteiger partial charge >= 0.3 is 0 Å². The van der Waals surface area contributed by atoms with Crippen molar-refractivity contribution in [1.82, 2.24) is 0 Å². The van der Waals surface area contributed by atoms with E-state index < -0.39 is 0 Å². The van der Waals surface area contributed by atoms with Crippen LogP contribution in [-0.2, 0) is 6.54 Å². The van der Waals surface area contributed by atoms with Crippen molar-refractivity contribution in [2.24, 2.45) is 5.73 Å². The Kier molecular flexibility index (Phi) is 2.25. The summed E-state index contributed by atoms with van der Waals surface area (Å²) in [5.74, 6) is -0.301. The first-order valence-electron chi connectivity index (χ1n) is 2.88. The number of halogens is 2. The highest BCUT2D eigenvalue weighted by Gasteiger charge is 1.97. The fourth-order valence-electron chi connectivity index (χ4n) is 0.700. The van der Waals surface area contributed by atoms with Gasteiger partial charge in [0, 0.05) is 11.6 Å². The molecule has 0 aromatic heterocycles. The Morgan fingerprint density at radius 2 is 2.20 bits per heavy atom. The smallest absolute Gasteiger partial charge is 0.123 e. The normalized spacial score (nSPS) is 9.90. The Hall–Kier alpha value is -0.600. The van der Waals surface area contributed by atoms with E-state index in [1.165, 1.54) is 18.2 Å². The van der Waals surface area contributed by atoms with Crippen LogP contribution in [0.1, 0.15) is 5.56 Å². The second-order valence-corrected chi connectivity index (χ2v) is 2.35. The molecule has 0 spiro atoms. The van der Waals surface area contributed by atoms with Crippen molar-refractivity contribution in [3.05, 3.63) is 34.6 Å². The first-order valence-corrected chi connectivity index (χ1v) is 3.26. The summed E-state index contributed by atoms with van der Waals surface area (Å²) in [5, 5.41) is 0.518. The molecular formula is C7H7ClFN. The van der Waals surface area contributed by atoms with Crippen LogP contribution in [0.25, 0.3) is 0 Å². The van der Waals surface area contributed by atoms with Crippen molar-refractivity contribution < 1.29 is 4.39 Å². The lowest BCUT2D eigenvalue weighted by Crippen LogP contribution is -1.97. The van der Waals surface area contributed by atoms with Gasteiger partial charge in [-0.05, 0) is 23.8 Å². The minimum Gasteiger partial charge on any atom is -0.326 e. The summed E-state index contributed by atoms with van der Waals surface area (Å²) in [4.78, 5) is 0. The van der Waals surface area contributed by atoms with Crippen LogP contribution in [0.4, 0.5) is 4.39 Å². The van der Waals surface area contributed by atoms with Gasteiger partial charge in [-0.3, -0.25) is 0 Å². The summed E-state index contributed by atoms with van der Waals surface area (Å²) in [7, 11) is 0. The van der Waals surface area contributed by atoms with Gasteiger partial charge in [0.1, 0.15) is 5.82 Å². The molecule has 0 heterocycles. The molecule has 3 heteroatoms. The van der Waals surface area contributed by atoms with E-state index in [9.17, 15) is 4.39 Å². The lowest BCUT2D eigenvalue weighted by molar-refractivity contribution is 0.625. The quantitative estimate of drug-likeness (QED) is 0.666. The van der Waals surface area contributed by atoms with E-state index in [0.717, 1.165) is 0 Å². The average Bonchev–Trinajstić information content (AvgIpc) is 1.94. The van der Waals surface area contributed by atoms with Crippen molar-refractivity contribution in [1.29, 1.82) is 0 Å². The van der Waals surface area contributed by atoms with Crippen LogP contribution in [0.15, 0.2) is 18.2 Å². The number of hydrogen-bond acceptors (Lipinski definition) is 1. The van der Waals surface area contributed by atoms with Crippen molar-refractivity contribution in [3.63, 3.8) is 0 Å². The number of benzene rings is 1. The molecule has 0 atom stereocenters. The summed E-state index contributed by atoms with van der Waals surface area (Å²) >= 11 is 5.65. The maximum atomic E-state index is 12.4. The molecule has 1 rings (SSSR count). The van der Waals surface area contributed by atoms with Gasteiger partial charge in [0.25, 0.3) is 0 Å². The fraction of sp³-hybridized carbons (Fsp3) is 0.143. The van der Waals surface area contributed by atoms with E-state index in [1.807, 2.05) is 0 Å². The topological polar surface area (TPSA) is 26.0 Å². The molecule has 0 amide bonds. The number of hydrogen-bond donors (Lipinski definition) is 1. The molecule has 0 bridgehead atoms. The zero-order valence-corrected chi connectivity index (χ0v) is 6.03. The molecule has 1 nitrogen and oxygen atoms in total. The fourth-order valence-corrected chi connectivity index (χ4v) is 0.894. The van der Waals surface area contributed by atoms with E-state index >= 15 is 0 Å². The molecule has 0 aliphatic heterocycles. The number of nitrogens with two attached hydrogens (primary N) is 1. The zero-order valence-electron chi connectivity index (χ0n) is 5.27. The third-order valence-corrected chi connectivity index (χ3v) is 1.60. The zero-order chi connectivity index (χ0) is 7.56. The SMILES string of the molecule is NCc1cc(F)ccc1Cl. The van der Waals surface area contributed by atoms with Crippen molar-refractivity contribution in [3.8, 4) is 0 Å². The standard InChI is InChI=1S/C7H7ClFN/c8-7-2-1-6(9)3-5(7)4-10/h1-3H,4,10H2. The second-order valence-electron chi connectivity index (χ2n) is 1.94. The molecule has 1 aromatic carbocycles. The van der Waals surface area contributed by atoms with Gasteiger partial charge in [-0.25, -0.2) is 4.39 Å². The lowest BCUT2D eigenvalue weighted by atomic mass is 10.2. The summed E-state index contributed by atoms with van der Waals surface area (Å²) in [6.45, 7) is 0.274. The molecule has 0 aliphatic rings. The van der Waals surface area contributed by atoms with Crippen LogP contribution in [0.2, 0.25) is 5.02 Å². The Balaban J connectivity index is 3.09. The monoisotopic (exact) mass is 159 g/mol. The summed E-state index contributed by atoms with van der Waals surface area (Å²) in [6.07, 6.45) is 0. The van der Waals surface area contributed by atoms with Gasteiger partial charge < -0.3 is 5.73 Å². The van der Waals surface area contributed by atoms with Crippen LogP contribution >= 0.6 is 11.6 Å². The number of rotatable bonds is 1. The predicted octanol–water partition coefficient (Wildman–Crippen LogP) is 1.94. The van der Waals surface area contributed by atoms with Crippen LogP contribution in [0, 0.1) is 5.82 Å². The first kappa shape index (κ1) is 7.51. The van der Waals surface area contributed by atoms with Crippen LogP contribution in [0.5, 0.6) is 0 Å². The summed E-state index contributed by atoms with van der Waals surface area (Å²) in [6, 6.07) is 4.14. The van der Waals surface area contributed by atoms with Crippen molar-refractivity contribution in [2.45, 2.75) is 6.54 Å². The van der Waals surface area contributed by atoms with Gasteiger partial charge in [0.2, 0.25) is 0 Å². The highest BCUT2D eigenvalue weighted by molar-refractivity contribution is 6.31. The highest BCUT2D eigenvalue weighted by Crippen LogP contribution is 2.15. The van der Waals surface area contributed by atoms with Crippen LogP contribution in [-0.4, -0.2) is 0 Å². The second kappa shape index (κ2) is 2.99. The Labute approximate surface area is 63.6 Å². The average molecular weight is 160 g/mol. The van der Waals surface area contributed by atoms with E-state index in [-0.39, 0.29) is 12.4 Å². The van der Waals surface area contributed by atoms with Gasteiger partial charge in [0.05, 0.1) is 0 Å². The molecule has 0 aliphatic carbocycles. The van der Waals surface area contributed by atoms with E-state index in [0.29, 0.717) is 10.6 Å². The van der Waals surface area contributed by atoms with Gasteiger partial charge in [0.15, 0.2) is 0 Å². The molecule has 0 saturated heterocycles. The Morgan fingerprint density at radius 1 is 1.50 bits per heavy atom. The minimum absolute atomic E-state index is 0.274. The molecule has 0 radical (unpaired) electrons. The van der Waals surface area contributed by atoms with Crippen LogP contribution in [0.3, 0.4) is 0 Å². The Morgan fingerprint density at radius 3 is 2.70 bits per heavy atom. The van der Waals surface area contributed by atoms with E-state index in [2.05, 4.69) is 0 Å². The molecule has 0 saturated carbocycles. The third kappa shape index (κ3) is 1.46. The molecule has 0 fully saturated rings. The summed E-state index contributed by atoms with van der Waals surface area (Å²) < 4.78 is 12.4. The molecule has 1 aromatic rings. The van der Waals surface area contributed by atoms with Crippen molar-refractivity contribution >= 4 is 11.6 Å². The predicted molar refractivity (Wildman–Crippen MR) is 39.3 cm³/mol. The maximum absolute atomic E-state index is 12.4. The van der Waals surface area contributed by atoms with Crippen molar-refractivity contribution in [2.75, 3.05) is 0 Å². The minimum atomic E-state index is -0.301. The van der Waals surface area contributed by atoms with Gasteiger partial charge in [-0.15, -0.1) is 0 Å². The van der Waals surface area contributed by atoms with E-state index in [1.54, 1.807) is 0 Å². The van der Waals surface area contributed by atoms with Crippen LogP contribution < -0.4 is 5.73 Å². The van der Waals surface area contributed by atoms with E-state index in [4.69, 9.17) is 17.3 Å². The third-order valence-electron chi connectivity index (χ3n) is 1.23. The lowest BCUT2D eigenvalue weighted by Gasteiger charge is -1.98. The molecule has 54 valence electrons. The highest BCUT2D eigenvalue weighted by atomic mass is 35.5. The summed E-state index contributed by atoms with van der Waals surface area (Å²) in [5.41, 5.74) is 5.91. The maximum Gasteiger partial charge on any atom is 0.123 e. The largest absolute Gasteiger partial charge is 0.326 e. The Bertz CT molecular complexity index is 237. The van der Waals surface area contributed by atoms with Gasteiger partial charge in [-0.1, -0.05) is 11.6 Å². The molecule has 10 heavy (non-hydrogen) atoms. The molecule has 0 unspecified atom stereocenters. The first-order chi connectivity index (χ1) is 4.74.